The summed E-state index contributed by atoms with van der Waals surface area (Å²) in [6, 6.07) is 0.0639. The van der Waals surface area contributed by atoms with Crippen LogP contribution in [0.3, 0.4) is 0 Å². The van der Waals surface area contributed by atoms with Crippen LogP contribution >= 0.6 is 24.8 Å². The molecule has 1 aromatic rings. The van der Waals surface area contributed by atoms with Gasteiger partial charge in [0.05, 0.1) is 11.9 Å². The maximum atomic E-state index is 12.2. The van der Waals surface area contributed by atoms with E-state index in [0.717, 1.165) is 32.2 Å². The third-order valence-corrected chi connectivity index (χ3v) is 3.62. The molecule has 0 bridgehead atoms. The van der Waals surface area contributed by atoms with E-state index in [-0.39, 0.29) is 36.8 Å². The number of nitrogens with two attached hydrogens (primary N) is 1. The molecule has 7 heteroatoms. The lowest BCUT2D eigenvalue weighted by atomic mass is 9.82. The molecule has 3 N–H and O–H groups in total. The van der Waals surface area contributed by atoms with Crippen molar-refractivity contribution in [3.8, 4) is 0 Å². The van der Waals surface area contributed by atoms with Crippen LogP contribution in [0.5, 0.6) is 0 Å². The summed E-state index contributed by atoms with van der Waals surface area (Å²) in [7, 11) is 0. The molecule has 0 radical (unpaired) electrons. The van der Waals surface area contributed by atoms with Crippen LogP contribution in [0.4, 0.5) is 0 Å². The van der Waals surface area contributed by atoms with Gasteiger partial charge in [-0.15, -0.1) is 24.8 Å². The number of nitrogens with zero attached hydrogens (tertiary/aromatic N) is 2. The molecule has 1 aliphatic rings. The zero-order valence-electron chi connectivity index (χ0n) is 11.7. The maximum Gasteiger partial charge on any atom is 0.240 e. The van der Waals surface area contributed by atoms with Gasteiger partial charge in [0.1, 0.15) is 0 Å². The van der Waals surface area contributed by atoms with Crippen LogP contribution in [0.25, 0.3) is 0 Å². The van der Waals surface area contributed by atoms with Crippen LogP contribution in [0.1, 0.15) is 39.0 Å². The van der Waals surface area contributed by atoms with Crippen molar-refractivity contribution in [3.05, 3.63) is 18.7 Å². The second-order valence-corrected chi connectivity index (χ2v) is 5.35. The molecule has 1 heterocycles. The highest BCUT2D eigenvalue weighted by molar-refractivity contribution is 5.86. The number of amides is 1. The predicted molar refractivity (Wildman–Crippen MR) is 84.3 cm³/mol. The molecular formula is C13H24Cl2N4O. The summed E-state index contributed by atoms with van der Waals surface area (Å²) >= 11 is 0. The van der Waals surface area contributed by atoms with Crippen molar-refractivity contribution in [1.82, 2.24) is 14.9 Å². The topological polar surface area (TPSA) is 72.9 Å². The summed E-state index contributed by atoms with van der Waals surface area (Å²) in [6.45, 7) is 2.71. The number of rotatable bonds is 4. The molecule has 5 nitrogen and oxygen atoms in total. The number of nitrogens with one attached hydrogen (secondary N) is 1. The Morgan fingerprint density at radius 1 is 1.40 bits per heavy atom. The van der Waals surface area contributed by atoms with Crippen LogP contribution in [0, 0.1) is 0 Å². The Hall–Kier alpha value is -0.780. The zero-order chi connectivity index (χ0) is 13.0. The number of aromatic nitrogens is 2. The molecule has 1 fully saturated rings. The third-order valence-electron chi connectivity index (χ3n) is 3.62. The van der Waals surface area contributed by atoms with Crippen molar-refractivity contribution >= 4 is 30.7 Å². The van der Waals surface area contributed by atoms with Gasteiger partial charge in [-0.2, -0.15) is 0 Å². The average molecular weight is 323 g/mol. The summed E-state index contributed by atoms with van der Waals surface area (Å²) in [5, 5.41) is 3.02. The van der Waals surface area contributed by atoms with Crippen molar-refractivity contribution in [2.75, 3.05) is 0 Å². The summed E-state index contributed by atoms with van der Waals surface area (Å²) in [6.07, 6.45) is 10.3. The Kier molecular flexibility index (Phi) is 8.16. The lowest BCUT2D eigenvalue weighted by molar-refractivity contribution is -0.128. The standard InChI is InChI=1S/C13H22N4O.2ClH/c1-11(9-17-8-7-15-10-17)16-12(18)13(14)5-3-2-4-6-13;;/h7-8,10-11H,2-6,9,14H2,1H3,(H,16,18);2*1H. The minimum absolute atomic E-state index is 0. The second kappa shape index (κ2) is 8.49. The lowest BCUT2D eigenvalue weighted by Gasteiger charge is -2.33. The number of carbonyl (C=O) groups is 1. The quantitative estimate of drug-likeness (QED) is 0.889. The molecule has 2 rings (SSSR count). The first-order chi connectivity index (χ1) is 8.60. The monoisotopic (exact) mass is 322 g/mol. The number of halogens is 2. The van der Waals surface area contributed by atoms with Crippen LogP contribution in [0.2, 0.25) is 0 Å². The molecule has 116 valence electrons. The van der Waals surface area contributed by atoms with Gasteiger partial charge in [-0.05, 0) is 19.8 Å². The highest BCUT2D eigenvalue weighted by atomic mass is 35.5. The predicted octanol–water partition coefficient (Wildman–Crippen LogP) is 1.89. The van der Waals surface area contributed by atoms with Crippen LogP contribution < -0.4 is 11.1 Å². The van der Waals surface area contributed by atoms with E-state index in [0.29, 0.717) is 0 Å². The molecule has 1 amide bonds. The third kappa shape index (κ3) is 4.96. The van der Waals surface area contributed by atoms with Gasteiger partial charge in [0.15, 0.2) is 0 Å². The fourth-order valence-electron chi connectivity index (χ4n) is 2.53. The van der Waals surface area contributed by atoms with Crippen molar-refractivity contribution in [3.63, 3.8) is 0 Å². The number of hydrogen-bond donors (Lipinski definition) is 2. The summed E-state index contributed by atoms with van der Waals surface area (Å²) in [4.78, 5) is 16.2. The van der Waals surface area contributed by atoms with Gasteiger partial charge in [0.25, 0.3) is 0 Å². The molecule has 0 saturated heterocycles. The lowest BCUT2D eigenvalue weighted by Crippen LogP contribution is -2.57. The summed E-state index contributed by atoms with van der Waals surface area (Å²) < 4.78 is 1.95. The summed E-state index contributed by atoms with van der Waals surface area (Å²) in [5.41, 5.74) is 5.54. The Bertz CT molecular complexity index is 391. The minimum atomic E-state index is -0.651. The van der Waals surface area contributed by atoms with E-state index in [2.05, 4.69) is 10.3 Å². The Morgan fingerprint density at radius 3 is 2.60 bits per heavy atom. The SMILES string of the molecule is CC(Cn1ccnc1)NC(=O)C1(N)CCCCC1.Cl.Cl. The first-order valence-electron chi connectivity index (χ1n) is 6.66. The number of carbonyl (C=O) groups excluding carboxylic acids is 1. The van der Waals surface area contributed by atoms with Crippen LogP contribution in [-0.4, -0.2) is 27.0 Å². The molecule has 1 aromatic heterocycles. The van der Waals surface area contributed by atoms with E-state index >= 15 is 0 Å². The highest BCUT2D eigenvalue weighted by Gasteiger charge is 2.35. The van der Waals surface area contributed by atoms with Crippen molar-refractivity contribution in [1.29, 1.82) is 0 Å². The molecular weight excluding hydrogens is 299 g/mol. The van der Waals surface area contributed by atoms with Gasteiger partial charge in [-0.25, -0.2) is 4.98 Å². The van der Waals surface area contributed by atoms with Crippen LogP contribution in [0.15, 0.2) is 18.7 Å². The normalized spacial score (nSPS) is 18.3. The molecule has 1 aliphatic carbocycles. The van der Waals surface area contributed by atoms with E-state index in [1.165, 1.54) is 6.42 Å². The molecule has 0 aromatic carbocycles. The second-order valence-electron chi connectivity index (χ2n) is 5.35. The van der Waals surface area contributed by atoms with Gasteiger partial charge in [0.2, 0.25) is 5.91 Å². The van der Waals surface area contributed by atoms with Crippen molar-refractivity contribution in [2.45, 2.75) is 57.2 Å². The van der Waals surface area contributed by atoms with E-state index in [1.807, 2.05) is 17.7 Å². The largest absolute Gasteiger partial charge is 0.350 e. The van der Waals surface area contributed by atoms with E-state index in [4.69, 9.17) is 5.73 Å². The zero-order valence-corrected chi connectivity index (χ0v) is 13.4. The van der Waals surface area contributed by atoms with Gasteiger partial charge in [0, 0.05) is 25.0 Å². The van der Waals surface area contributed by atoms with E-state index in [9.17, 15) is 4.79 Å². The average Bonchev–Trinajstić information content (AvgIpc) is 2.82. The fourth-order valence-corrected chi connectivity index (χ4v) is 2.53. The fraction of sp³-hybridized carbons (Fsp3) is 0.692. The van der Waals surface area contributed by atoms with Crippen molar-refractivity contribution in [2.24, 2.45) is 5.73 Å². The molecule has 20 heavy (non-hydrogen) atoms. The Labute approximate surface area is 132 Å². The maximum absolute atomic E-state index is 12.2. The van der Waals surface area contributed by atoms with Gasteiger partial charge in [-0.3, -0.25) is 4.79 Å². The molecule has 0 aliphatic heterocycles. The van der Waals surface area contributed by atoms with Gasteiger partial charge < -0.3 is 15.6 Å². The Morgan fingerprint density at radius 2 is 2.05 bits per heavy atom. The summed E-state index contributed by atoms with van der Waals surface area (Å²) in [5.74, 6) is -0.00480. The molecule has 1 saturated carbocycles. The van der Waals surface area contributed by atoms with Gasteiger partial charge >= 0.3 is 0 Å². The minimum Gasteiger partial charge on any atom is -0.350 e. The smallest absolute Gasteiger partial charge is 0.240 e. The number of imidazole rings is 1. The number of hydrogen-bond acceptors (Lipinski definition) is 3. The molecule has 1 unspecified atom stereocenters. The van der Waals surface area contributed by atoms with Gasteiger partial charge in [-0.1, -0.05) is 19.3 Å². The van der Waals surface area contributed by atoms with E-state index in [1.54, 1.807) is 12.5 Å². The molecule has 1 atom stereocenters. The Balaban J connectivity index is 0.00000180. The molecule has 0 spiro atoms. The first-order valence-corrected chi connectivity index (χ1v) is 6.66. The highest BCUT2D eigenvalue weighted by Crippen LogP contribution is 2.26. The van der Waals surface area contributed by atoms with Crippen molar-refractivity contribution < 1.29 is 4.79 Å². The first kappa shape index (κ1) is 19.2. The van der Waals surface area contributed by atoms with E-state index < -0.39 is 5.54 Å². The van der Waals surface area contributed by atoms with Crippen LogP contribution in [-0.2, 0) is 11.3 Å².